The predicted octanol–water partition coefficient (Wildman–Crippen LogP) is 3.28. The van der Waals surface area contributed by atoms with Gasteiger partial charge < -0.3 is 10.4 Å². The molecule has 2 aliphatic carbocycles. The second-order valence-electron chi connectivity index (χ2n) is 7.87. The first-order chi connectivity index (χ1) is 13.1. The number of nitrogens with one attached hydrogen (secondary N) is 1. The third-order valence-electron chi connectivity index (χ3n) is 5.26. The van der Waals surface area contributed by atoms with Crippen LogP contribution >= 0.6 is 11.3 Å². The number of hydrogen-bond acceptors (Lipinski definition) is 5. The highest BCUT2D eigenvalue weighted by atomic mass is 32.2. The minimum Gasteiger partial charge on any atom is -0.385 e. The topological polar surface area (TPSA) is 118 Å². The zero-order chi connectivity index (χ0) is 20.1. The van der Waals surface area contributed by atoms with Gasteiger partial charge in [-0.25, -0.2) is 19.1 Å². The minimum absolute atomic E-state index is 0.0308. The molecule has 150 valence electrons. The molecule has 0 saturated heterocycles. The van der Waals surface area contributed by atoms with Crippen molar-refractivity contribution in [2.24, 2.45) is 9.50 Å². The number of carbonyl (C=O) groups is 1. The molecule has 0 bridgehead atoms. The first-order valence-electron chi connectivity index (χ1n) is 9.36. The smallest absolute Gasteiger partial charge is 0.354 e. The van der Waals surface area contributed by atoms with Gasteiger partial charge in [-0.1, -0.05) is 6.07 Å². The average Bonchev–Trinajstić information content (AvgIpc) is 3.33. The zero-order valence-corrected chi connectivity index (χ0v) is 17.6. The third-order valence-corrected chi connectivity index (χ3v) is 8.38. The second kappa shape index (κ2) is 6.91. The van der Waals surface area contributed by atoms with E-state index in [9.17, 15) is 14.1 Å². The molecule has 4 rings (SSSR count). The van der Waals surface area contributed by atoms with Gasteiger partial charge in [-0.15, -0.1) is 15.7 Å². The normalized spacial score (nSPS) is 17.7. The predicted molar refractivity (Wildman–Crippen MR) is 110 cm³/mol. The van der Waals surface area contributed by atoms with Gasteiger partial charge in [-0.2, -0.15) is 0 Å². The number of thiazole rings is 1. The molecule has 0 unspecified atom stereocenters. The Kier molecular flexibility index (Phi) is 4.81. The van der Waals surface area contributed by atoms with Crippen molar-refractivity contribution in [1.82, 2.24) is 4.98 Å². The van der Waals surface area contributed by atoms with E-state index in [4.69, 9.17) is 5.14 Å². The largest absolute Gasteiger partial charge is 0.385 e. The number of fused-ring (bicyclic) bond motifs is 2. The Bertz CT molecular complexity index is 1040. The van der Waals surface area contributed by atoms with E-state index >= 15 is 0 Å². The van der Waals surface area contributed by atoms with Crippen molar-refractivity contribution in [1.29, 1.82) is 0 Å². The number of benzene rings is 1. The van der Waals surface area contributed by atoms with Crippen molar-refractivity contribution < 1.29 is 14.1 Å². The summed E-state index contributed by atoms with van der Waals surface area (Å²) in [6.45, 7) is 3.20. The van der Waals surface area contributed by atoms with Crippen LogP contribution in [0.1, 0.15) is 53.8 Å². The summed E-state index contributed by atoms with van der Waals surface area (Å²) in [5.74, 6) is 0. The standard InChI is InChI=1S/C19H24N4O3S2/c1-19(2,25)15-10-21-18(27-15)28(20,26)23-17(24)22-16-13-7-3-5-11(13)9-12-6-4-8-14(12)16/h9-10,25H,3-8H2,1-2H3,(H3,20,22,23,24,26)/t28-/m1/s1. The fourth-order valence-corrected chi connectivity index (χ4v) is 6.02. The molecule has 1 atom stereocenters. The number of nitrogens with two attached hydrogens (primary N) is 1. The molecule has 1 heterocycles. The van der Waals surface area contributed by atoms with Gasteiger partial charge in [0.15, 0.2) is 9.92 Å². The molecule has 7 nitrogen and oxygen atoms in total. The minimum atomic E-state index is -3.49. The fraction of sp³-hybridized carbons (Fsp3) is 0.474. The zero-order valence-electron chi connectivity index (χ0n) is 15.9. The Balaban J connectivity index is 1.65. The lowest BCUT2D eigenvalue weighted by Gasteiger charge is -2.15. The molecule has 0 fully saturated rings. The van der Waals surface area contributed by atoms with Crippen molar-refractivity contribution >= 4 is 33.0 Å². The summed E-state index contributed by atoms with van der Waals surface area (Å²) in [5.41, 5.74) is 4.64. The number of rotatable bonds is 3. The van der Waals surface area contributed by atoms with Gasteiger partial charge in [0.25, 0.3) is 0 Å². The van der Waals surface area contributed by atoms with Gasteiger partial charge in [-0.05, 0) is 74.6 Å². The van der Waals surface area contributed by atoms with E-state index in [0.29, 0.717) is 4.88 Å². The lowest BCUT2D eigenvalue weighted by molar-refractivity contribution is 0.0823. The molecule has 0 radical (unpaired) electrons. The van der Waals surface area contributed by atoms with Gasteiger partial charge in [-0.3, -0.25) is 0 Å². The van der Waals surface area contributed by atoms with Crippen LogP contribution in [-0.2, 0) is 41.2 Å². The van der Waals surface area contributed by atoms with Crippen LogP contribution in [0, 0.1) is 0 Å². The summed E-state index contributed by atoms with van der Waals surface area (Å²) in [4.78, 5) is 17.1. The number of aromatic nitrogens is 1. The summed E-state index contributed by atoms with van der Waals surface area (Å²) in [6.07, 6.45) is 7.46. The van der Waals surface area contributed by atoms with E-state index in [1.165, 1.54) is 28.5 Å². The van der Waals surface area contributed by atoms with Gasteiger partial charge in [0.1, 0.15) is 0 Å². The van der Waals surface area contributed by atoms with Crippen LogP contribution in [0.4, 0.5) is 10.5 Å². The molecule has 9 heteroatoms. The Morgan fingerprint density at radius 2 is 1.86 bits per heavy atom. The summed E-state index contributed by atoms with van der Waals surface area (Å²) in [6, 6.07) is 1.55. The maximum Gasteiger partial charge on any atom is 0.354 e. The maximum atomic E-state index is 12.8. The van der Waals surface area contributed by atoms with E-state index in [2.05, 4.69) is 20.7 Å². The van der Waals surface area contributed by atoms with Crippen LogP contribution in [0.25, 0.3) is 0 Å². The molecular weight excluding hydrogens is 396 g/mol. The molecule has 2 aliphatic rings. The van der Waals surface area contributed by atoms with Gasteiger partial charge in [0, 0.05) is 11.9 Å². The summed E-state index contributed by atoms with van der Waals surface area (Å²) >= 11 is 1.000. The van der Waals surface area contributed by atoms with Gasteiger partial charge in [0.2, 0.25) is 4.34 Å². The second-order valence-corrected chi connectivity index (χ2v) is 10.9. The SMILES string of the molecule is CC(C)(O)c1cnc([S@](N)(=O)=NC(=O)Nc2c3c(cc4c2CCC4)CCC3)s1. The summed E-state index contributed by atoms with van der Waals surface area (Å²) in [5, 5.41) is 18.8. The highest BCUT2D eigenvalue weighted by molar-refractivity contribution is 7.93. The Morgan fingerprint density at radius 3 is 2.39 bits per heavy atom. The van der Waals surface area contributed by atoms with E-state index in [-0.39, 0.29) is 4.34 Å². The van der Waals surface area contributed by atoms with Crippen molar-refractivity contribution in [3.63, 3.8) is 0 Å². The number of amides is 2. The molecule has 1 aromatic carbocycles. The third kappa shape index (κ3) is 3.59. The van der Waals surface area contributed by atoms with E-state index < -0.39 is 21.5 Å². The number of carbonyl (C=O) groups excluding carboxylic acids is 1. The molecule has 0 aliphatic heterocycles. The lowest BCUT2D eigenvalue weighted by Crippen LogP contribution is -2.18. The number of urea groups is 1. The van der Waals surface area contributed by atoms with Crippen molar-refractivity contribution in [3.8, 4) is 0 Å². The molecule has 0 spiro atoms. The number of anilines is 1. The fourth-order valence-electron chi connectivity index (χ4n) is 3.94. The Hall–Kier alpha value is -1.81. The van der Waals surface area contributed by atoms with Crippen LogP contribution in [0.5, 0.6) is 0 Å². The number of aryl methyl sites for hydroxylation is 2. The first-order valence-corrected chi connectivity index (χ1v) is 11.8. The van der Waals surface area contributed by atoms with E-state index in [1.54, 1.807) is 13.8 Å². The average molecular weight is 421 g/mol. The van der Waals surface area contributed by atoms with Crippen molar-refractivity contribution in [2.45, 2.75) is 62.3 Å². The van der Waals surface area contributed by atoms with Crippen molar-refractivity contribution in [2.75, 3.05) is 5.32 Å². The Morgan fingerprint density at radius 1 is 1.25 bits per heavy atom. The van der Waals surface area contributed by atoms with Crippen LogP contribution in [0.3, 0.4) is 0 Å². The first kappa shape index (κ1) is 19.5. The van der Waals surface area contributed by atoms with Crippen LogP contribution in [0.2, 0.25) is 0 Å². The molecule has 1 aromatic heterocycles. The highest BCUT2D eigenvalue weighted by Gasteiger charge is 2.26. The van der Waals surface area contributed by atoms with E-state index in [0.717, 1.165) is 55.5 Å². The quantitative estimate of drug-likeness (QED) is 0.706. The number of hydrogen-bond donors (Lipinski definition) is 3. The maximum absolute atomic E-state index is 12.8. The number of nitrogens with zero attached hydrogens (tertiary/aromatic N) is 2. The van der Waals surface area contributed by atoms with Gasteiger partial charge >= 0.3 is 6.03 Å². The lowest BCUT2D eigenvalue weighted by atomic mass is 9.99. The summed E-state index contributed by atoms with van der Waals surface area (Å²) in [7, 11) is -3.49. The van der Waals surface area contributed by atoms with Crippen LogP contribution in [0.15, 0.2) is 21.0 Å². The molecule has 2 aromatic rings. The molecule has 28 heavy (non-hydrogen) atoms. The molecule has 0 saturated carbocycles. The van der Waals surface area contributed by atoms with Crippen LogP contribution in [-0.4, -0.2) is 20.3 Å². The molecular formula is C19H24N4O3S2. The molecule has 4 N–H and O–H groups in total. The summed E-state index contributed by atoms with van der Waals surface area (Å²) < 4.78 is 16.6. The van der Waals surface area contributed by atoms with E-state index in [1.807, 2.05) is 0 Å². The highest BCUT2D eigenvalue weighted by Crippen LogP contribution is 2.38. The monoisotopic (exact) mass is 420 g/mol. The van der Waals surface area contributed by atoms with Crippen molar-refractivity contribution in [3.05, 3.63) is 39.4 Å². The molecule has 2 amide bonds. The number of aliphatic hydroxyl groups is 1. The van der Waals surface area contributed by atoms with Gasteiger partial charge in [0.05, 0.1) is 10.5 Å². The Labute approximate surface area is 168 Å². The van der Waals surface area contributed by atoms with Crippen LogP contribution < -0.4 is 10.5 Å².